The molecule has 0 aromatic heterocycles. The molecule has 0 radical (unpaired) electrons. The van der Waals surface area contributed by atoms with Gasteiger partial charge in [-0.25, -0.2) is 0 Å². The minimum Gasteiger partial charge on any atom is -0.396 e. The molecule has 13 heavy (non-hydrogen) atoms. The van der Waals surface area contributed by atoms with Gasteiger partial charge in [-0.1, -0.05) is 25.0 Å². The molecular weight excluding hydrogens is 162 g/mol. The van der Waals surface area contributed by atoms with Crippen molar-refractivity contribution < 1.29 is 5.11 Å². The zero-order valence-corrected chi connectivity index (χ0v) is 8.55. The fourth-order valence-electron chi connectivity index (χ4n) is 1.33. The van der Waals surface area contributed by atoms with Gasteiger partial charge in [-0.3, -0.25) is 0 Å². The van der Waals surface area contributed by atoms with Crippen LogP contribution in [-0.2, 0) is 0 Å². The van der Waals surface area contributed by atoms with Crippen molar-refractivity contribution in [3.8, 4) is 0 Å². The van der Waals surface area contributed by atoms with Crippen molar-refractivity contribution >= 4 is 6.21 Å². The Bertz CT molecular complexity index is 152. The highest BCUT2D eigenvalue weighted by Crippen LogP contribution is 2.13. The average molecular weight is 183 g/mol. The average Bonchev–Trinajstić information content (AvgIpc) is 2.14. The first-order valence-electron chi connectivity index (χ1n) is 5.12. The van der Waals surface area contributed by atoms with E-state index in [1.54, 1.807) is 0 Å². The molecule has 0 unspecified atom stereocenters. The van der Waals surface area contributed by atoms with E-state index >= 15 is 0 Å². The second kappa shape index (κ2) is 9.46. The summed E-state index contributed by atoms with van der Waals surface area (Å²) < 4.78 is 0. The molecule has 0 aromatic carbocycles. The summed E-state index contributed by atoms with van der Waals surface area (Å²) in [6, 6.07) is 0. The van der Waals surface area contributed by atoms with Crippen LogP contribution in [0, 0.1) is 5.41 Å². The first-order valence-corrected chi connectivity index (χ1v) is 5.12. The molecule has 0 aromatic rings. The zero-order valence-electron chi connectivity index (χ0n) is 8.55. The summed E-state index contributed by atoms with van der Waals surface area (Å²) in [6.07, 6.45) is 9.69. The van der Waals surface area contributed by atoms with Gasteiger partial charge in [0.05, 0.1) is 0 Å². The third kappa shape index (κ3) is 7.72. The molecule has 0 rings (SSSR count). The Morgan fingerprint density at radius 1 is 1.31 bits per heavy atom. The maximum absolute atomic E-state index is 8.69. The first-order chi connectivity index (χ1) is 6.35. The number of rotatable bonds is 8. The van der Waals surface area contributed by atoms with Gasteiger partial charge < -0.3 is 10.5 Å². The van der Waals surface area contributed by atoms with E-state index in [0.717, 1.165) is 32.1 Å². The van der Waals surface area contributed by atoms with Crippen molar-refractivity contribution in [2.75, 3.05) is 6.61 Å². The van der Waals surface area contributed by atoms with Crippen LogP contribution in [0.25, 0.3) is 0 Å². The van der Waals surface area contributed by atoms with E-state index in [2.05, 4.69) is 13.0 Å². The smallest absolute Gasteiger partial charge is 0.0434 e. The monoisotopic (exact) mass is 183 g/mol. The largest absolute Gasteiger partial charge is 0.396 e. The summed E-state index contributed by atoms with van der Waals surface area (Å²) in [5.41, 5.74) is 1.44. The van der Waals surface area contributed by atoms with Crippen LogP contribution in [0.15, 0.2) is 11.6 Å². The SMILES string of the molecule is CCC/C(=C\CCC=N)CCCO. The molecule has 0 aliphatic carbocycles. The number of hydrogen-bond acceptors (Lipinski definition) is 2. The van der Waals surface area contributed by atoms with Crippen molar-refractivity contribution in [1.82, 2.24) is 0 Å². The third-order valence-corrected chi connectivity index (χ3v) is 1.97. The standard InChI is InChI=1S/C11H21NO/c1-2-6-11(8-5-10-13)7-3-4-9-12/h7,9,12-13H,2-6,8,10H2,1H3/b11-7+,12-9?. The summed E-state index contributed by atoms with van der Waals surface area (Å²) >= 11 is 0. The molecule has 0 fully saturated rings. The second-order valence-corrected chi connectivity index (χ2v) is 3.22. The molecule has 76 valence electrons. The maximum Gasteiger partial charge on any atom is 0.0434 e. The van der Waals surface area contributed by atoms with Crippen LogP contribution >= 0.6 is 0 Å². The molecule has 0 saturated carbocycles. The molecule has 0 amide bonds. The molecule has 0 atom stereocenters. The maximum atomic E-state index is 8.69. The van der Waals surface area contributed by atoms with Gasteiger partial charge in [0.1, 0.15) is 0 Å². The Balaban J connectivity index is 3.75. The lowest BCUT2D eigenvalue weighted by molar-refractivity contribution is 0.288. The Kier molecular flexibility index (Phi) is 9.00. The highest BCUT2D eigenvalue weighted by Gasteiger charge is 1.95. The van der Waals surface area contributed by atoms with Gasteiger partial charge in [0.25, 0.3) is 0 Å². The summed E-state index contributed by atoms with van der Waals surface area (Å²) in [5.74, 6) is 0. The van der Waals surface area contributed by atoms with Gasteiger partial charge in [0.15, 0.2) is 0 Å². The van der Waals surface area contributed by atoms with Gasteiger partial charge in [0.2, 0.25) is 0 Å². The van der Waals surface area contributed by atoms with E-state index in [0.29, 0.717) is 0 Å². The number of nitrogens with one attached hydrogen (secondary N) is 1. The van der Waals surface area contributed by atoms with Crippen molar-refractivity contribution in [2.24, 2.45) is 0 Å². The number of hydrogen-bond donors (Lipinski definition) is 2. The predicted molar refractivity (Wildman–Crippen MR) is 57.3 cm³/mol. The lowest BCUT2D eigenvalue weighted by Gasteiger charge is -2.04. The Hall–Kier alpha value is -0.630. The van der Waals surface area contributed by atoms with Crippen LogP contribution in [0.3, 0.4) is 0 Å². The lowest BCUT2D eigenvalue weighted by Crippen LogP contribution is -1.88. The number of unbranched alkanes of at least 4 members (excludes halogenated alkanes) is 1. The van der Waals surface area contributed by atoms with Gasteiger partial charge >= 0.3 is 0 Å². The molecule has 2 N–H and O–H groups in total. The van der Waals surface area contributed by atoms with E-state index in [1.165, 1.54) is 18.2 Å². The number of aliphatic hydroxyl groups is 1. The van der Waals surface area contributed by atoms with Gasteiger partial charge in [0, 0.05) is 6.61 Å². The Morgan fingerprint density at radius 3 is 2.62 bits per heavy atom. The quantitative estimate of drug-likeness (QED) is 0.339. The number of aliphatic hydroxyl groups excluding tert-OH is 1. The Labute approximate surface area is 81.2 Å². The fourth-order valence-corrected chi connectivity index (χ4v) is 1.33. The molecule has 0 bridgehead atoms. The minimum atomic E-state index is 0.283. The highest BCUT2D eigenvalue weighted by atomic mass is 16.2. The van der Waals surface area contributed by atoms with Crippen molar-refractivity contribution in [3.63, 3.8) is 0 Å². The van der Waals surface area contributed by atoms with Gasteiger partial charge in [-0.2, -0.15) is 0 Å². The van der Waals surface area contributed by atoms with Crippen molar-refractivity contribution in [2.45, 2.75) is 45.4 Å². The van der Waals surface area contributed by atoms with Crippen LogP contribution in [-0.4, -0.2) is 17.9 Å². The molecular formula is C11H21NO. The molecule has 0 heterocycles. The van der Waals surface area contributed by atoms with E-state index in [4.69, 9.17) is 10.5 Å². The molecule has 0 aliphatic heterocycles. The van der Waals surface area contributed by atoms with Gasteiger partial charge in [-0.15, -0.1) is 0 Å². The van der Waals surface area contributed by atoms with Crippen LogP contribution in [0.4, 0.5) is 0 Å². The van der Waals surface area contributed by atoms with E-state index in [9.17, 15) is 0 Å². The van der Waals surface area contributed by atoms with Crippen molar-refractivity contribution in [1.29, 1.82) is 5.41 Å². The summed E-state index contributed by atoms with van der Waals surface area (Å²) in [5, 5.41) is 15.6. The molecule has 0 spiro atoms. The van der Waals surface area contributed by atoms with Crippen LogP contribution < -0.4 is 0 Å². The van der Waals surface area contributed by atoms with Crippen LogP contribution in [0.2, 0.25) is 0 Å². The molecule has 0 aliphatic rings. The van der Waals surface area contributed by atoms with E-state index in [1.807, 2.05) is 0 Å². The fraction of sp³-hybridized carbons (Fsp3) is 0.727. The topological polar surface area (TPSA) is 44.1 Å². The van der Waals surface area contributed by atoms with E-state index < -0.39 is 0 Å². The molecule has 2 nitrogen and oxygen atoms in total. The number of allylic oxidation sites excluding steroid dienone is 2. The normalized spacial score (nSPS) is 11.7. The van der Waals surface area contributed by atoms with Crippen LogP contribution in [0.1, 0.15) is 45.4 Å². The summed E-state index contributed by atoms with van der Waals surface area (Å²) in [6.45, 7) is 2.45. The highest BCUT2D eigenvalue weighted by molar-refractivity contribution is 5.52. The summed E-state index contributed by atoms with van der Waals surface area (Å²) in [7, 11) is 0. The van der Waals surface area contributed by atoms with Crippen molar-refractivity contribution in [3.05, 3.63) is 11.6 Å². The van der Waals surface area contributed by atoms with Crippen LogP contribution in [0.5, 0.6) is 0 Å². The second-order valence-electron chi connectivity index (χ2n) is 3.22. The molecule has 2 heteroatoms. The minimum absolute atomic E-state index is 0.283. The third-order valence-electron chi connectivity index (χ3n) is 1.97. The lowest BCUT2D eigenvalue weighted by atomic mass is 10.0. The summed E-state index contributed by atoms with van der Waals surface area (Å²) in [4.78, 5) is 0. The first kappa shape index (κ1) is 12.4. The van der Waals surface area contributed by atoms with Gasteiger partial charge in [-0.05, 0) is 38.3 Å². The predicted octanol–water partition coefficient (Wildman–Crippen LogP) is 2.92. The van der Waals surface area contributed by atoms with E-state index in [-0.39, 0.29) is 6.61 Å². The molecule has 0 saturated heterocycles. The Morgan fingerprint density at radius 2 is 2.08 bits per heavy atom. The zero-order chi connectivity index (χ0) is 9.94.